The number of halogens is 1. The molecule has 0 atom stereocenters. The number of fused-ring (bicyclic) bond motifs is 2. The Labute approximate surface area is 155 Å². The number of para-hydroxylation sites is 1. The highest BCUT2D eigenvalue weighted by Crippen LogP contribution is 2.31. The van der Waals surface area contributed by atoms with E-state index in [0.717, 1.165) is 21.1 Å². The molecule has 0 saturated heterocycles. The molecule has 0 saturated carbocycles. The molecule has 3 aromatic heterocycles. The van der Waals surface area contributed by atoms with Crippen LogP contribution < -0.4 is 5.56 Å². The zero-order valence-electron chi connectivity index (χ0n) is 13.3. The summed E-state index contributed by atoms with van der Waals surface area (Å²) in [5, 5.41) is 12.7. The lowest BCUT2D eigenvalue weighted by atomic mass is 10.2. The number of rotatable bonds is 2. The third-order valence-corrected chi connectivity index (χ3v) is 4.68. The monoisotopic (exact) mass is 406 g/mol. The fourth-order valence-electron chi connectivity index (χ4n) is 2.97. The van der Waals surface area contributed by atoms with Crippen LogP contribution in [0.15, 0.2) is 74.5 Å². The molecular formula is C19H11BrN4O2. The van der Waals surface area contributed by atoms with Gasteiger partial charge in [0.25, 0.3) is 5.56 Å². The van der Waals surface area contributed by atoms with Crippen molar-refractivity contribution in [2.45, 2.75) is 0 Å². The number of aromatic nitrogens is 4. The lowest BCUT2D eigenvalue weighted by Gasteiger charge is -1.98. The quantitative estimate of drug-likeness (QED) is 0.474. The summed E-state index contributed by atoms with van der Waals surface area (Å²) in [4.78, 5) is 12.2. The number of benzene rings is 2. The van der Waals surface area contributed by atoms with Crippen molar-refractivity contribution in [1.29, 1.82) is 0 Å². The van der Waals surface area contributed by atoms with Crippen LogP contribution >= 0.6 is 15.9 Å². The zero-order chi connectivity index (χ0) is 17.7. The highest BCUT2D eigenvalue weighted by molar-refractivity contribution is 9.10. The maximum absolute atomic E-state index is 12.2. The van der Waals surface area contributed by atoms with E-state index in [1.54, 1.807) is 10.9 Å². The van der Waals surface area contributed by atoms with Gasteiger partial charge in [-0.05, 0) is 36.4 Å². The minimum Gasteiger partial charge on any atom is -0.454 e. The average molecular weight is 407 g/mol. The van der Waals surface area contributed by atoms with Crippen molar-refractivity contribution in [2.24, 2.45) is 0 Å². The summed E-state index contributed by atoms with van der Waals surface area (Å²) in [6.45, 7) is 0. The van der Waals surface area contributed by atoms with Crippen molar-refractivity contribution in [1.82, 2.24) is 20.0 Å². The highest BCUT2D eigenvalue weighted by Gasteiger charge is 2.17. The summed E-state index contributed by atoms with van der Waals surface area (Å²) < 4.78 is 8.57. The number of hydrogen-bond acceptors (Lipinski definition) is 4. The second kappa shape index (κ2) is 5.67. The van der Waals surface area contributed by atoms with Crippen molar-refractivity contribution in [3.63, 3.8) is 0 Å². The summed E-state index contributed by atoms with van der Waals surface area (Å²) in [5.41, 5.74) is 2.15. The van der Waals surface area contributed by atoms with Gasteiger partial charge in [-0.2, -0.15) is 10.2 Å². The fourth-order valence-corrected chi connectivity index (χ4v) is 3.35. The molecule has 0 spiro atoms. The van der Waals surface area contributed by atoms with Crippen LogP contribution in [-0.4, -0.2) is 20.0 Å². The Morgan fingerprint density at radius 1 is 1.08 bits per heavy atom. The maximum atomic E-state index is 12.2. The first kappa shape index (κ1) is 15.1. The Kier molecular flexibility index (Phi) is 3.29. The first-order valence-corrected chi connectivity index (χ1v) is 8.71. The van der Waals surface area contributed by atoms with E-state index in [0.29, 0.717) is 22.4 Å². The van der Waals surface area contributed by atoms with Gasteiger partial charge in [0.2, 0.25) is 0 Å². The predicted molar refractivity (Wildman–Crippen MR) is 102 cm³/mol. The molecule has 0 bridgehead atoms. The molecule has 3 heterocycles. The number of nitrogens with zero attached hydrogens (tertiary/aromatic N) is 3. The fraction of sp³-hybridized carbons (Fsp3) is 0. The van der Waals surface area contributed by atoms with E-state index in [4.69, 9.17) is 4.42 Å². The van der Waals surface area contributed by atoms with Crippen LogP contribution in [-0.2, 0) is 0 Å². The van der Waals surface area contributed by atoms with E-state index < -0.39 is 0 Å². The largest absolute Gasteiger partial charge is 0.454 e. The van der Waals surface area contributed by atoms with Crippen molar-refractivity contribution in [2.75, 3.05) is 0 Å². The summed E-state index contributed by atoms with van der Waals surface area (Å²) in [6, 6.07) is 17.3. The van der Waals surface area contributed by atoms with Crippen LogP contribution in [0.25, 0.3) is 39.0 Å². The number of nitrogens with one attached hydrogen (secondary N) is 1. The molecule has 5 rings (SSSR count). The Balaban J connectivity index is 1.76. The van der Waals surface area contributed by atoms with Gasteiger partial charge in [-0.25, -0.2) is 9.78 Å². The van der Waals surface area contributed by atoms with Gasteiger partial charge in [-0.15, -0.1) is 0 Å². The topological polar surface area (TPSA) is 76.7 Å². The molecular weight excluding hydrogens is 396 g/mol. The van der Waals surface area contributed by atoms with Gasteiger partial charge in [0, 0.05) is 16.1 Å². The molecule has 0 aliphatic rings. The van der Waals surface area contributed by atoms with Crippen LogP contribution in [0.4, 0.5) is 0 Å². The van der Waals surface area contributed by atoms with E-state index in [1.165, 1.54) is 0 Å². The lowest BCUT2D eigenvalue weighted by molar-refractivity contribution is 0.628. The van der Waals surface area contributed by atoms with Gasteiger partial charge >= 0.3 is 0 Å². The normalized spacial score (nSPS) is 11.4. The molecule has 26 heavy (non-hydrogen) atoms. The maximum Gasteiger partial charge on any atom is 0.292 e. The Bertz CT molecular complexity index is 1320. The molecule has 2 aromatic carbocycles. The SMILES string of the molecule is O=c1[nH]nc(-c2cc3cc(Br)ccc3o2)c2cn(-c3ccccc3)nc12. The highest BCUT2D eigenvalue weighted by atomic mass is 79.9. The smallest absolute Gasteiger partial charge is 0.292 e. The Morgan fingerprint density at radius 3 is 2.77 bits per heavy atom. The summed E-state index contributed by atoms with van der Waals surface area (Å²) in [7, 11) is 0. The molecule has 0 aliphatic heterocycles. The standard InChI is InChI=1S/C19H11BrN4O2/c20-12-6-7-15-11(8-12)9-16(26-15)17-14-10-24(13-4-2-1-3-5-13)23-18(14)19(25)22-21-17/h1-10H,(H,22,25). The first-order chi connectivity index (χ1) is 12.7. The van der Waals surface area contributed by atoms with Crippen LogP contribution in [0.2, 0.25) is 0 Å². The summed E-state index contributed by atoms with van der Waals surface area (Å²) in [6.07, 6.45) is 1.80. The Hall–Kier alpha value is -3.19. The summed E-state index contributed by atoms with van der Waals surface area (Å²) in [5.74, 6) is 0.576. The predicted octanol–water partition coefficient (Wildman–Crippen LogP) is 4.28. The third-order valence-electron chi connectivity index (χ3n) is 4.19. The number of furan rings is 1. The van der Waals surface area contributed by atoms with Crippen molar-refractivity contribution in [3.05, 3.63) is 75.6 Å². The van der Waals surface area contributed by atoms with Gasteiger partial charge in [-0.1, -0.05) is 34.1 Å². The lowest BCUT2D eigenvalue weighted by Crippen LogP contribution is -2.09. The van der Waals surface area contributed by atoms with Crippen LogP contribution in [0.3, 0.4) is 0 Å². The van der Waals surface area contributed by atoms with E-state index in [9.17, 15) is 4.79 Å². The van der Waals surface area contributed by atoms with Gasteiger partial charge in [0.1, 0.15) is 11.3 Å². The molecule has 126 valence electrons. The molecule has 6 nitrogen and oxygen atoms in total. The van der Waals surface area contributed by atoms with Crippen LogP contribution in [0.1, 0.15) is 0 Å². The van der Waals surface area contributed by atoms with Gasteiger partial charge in [-0.3, -0.25) is 4.79 Å². The molecule has 7 heteroatoms. The molecule has 0 aliphatic carbocycles. The molecule has 0 radical (unpaired) electrons. The van der Waals surface area contributed by atoms with E-state index in [-0.39, 0.29) is 5.56 Å². The number of hydrogen-bond donors (Lipinski definition) is 1. The van der Waals surface area contributed by atoms with Crippen LogP contribution in [0.5, 0.6) is 0 Å². The van der Waals surface area contributed by atoms with E-state index >= 15 is 0 Å². The van der Waals surface area contributed by atoms with Crippen LogP contribution in [0, 0.1) is 0 Å². The molecule has 0 unspecified atom stereocenters. The molecule has 5 aromatic rings. The van der Waals surface area contributed by atoms with Gasteiger partial charge < -0.3 is 4.42 Å². The zero-order valence-corrected chi connectivity index (χ0v) is 14.9. The number of aromatic amines is 1. The molecule has 1 N–H and O–H groups in total. The first-order valence-electron chi connectivity index (χ1n) is 7.92. The number of H-pyrrole nitrogens is 1. The van der Waals surface area contributed by atoms with Gasteiger partial charge in [0.15, 0.2) is 11.3 Å². The molecule has 0 fully saturated rings. The average Bonchev–Trinajstić information content (AvgIpc) is 3.27. The van der Waals surface area contributed by atoms with E-state index in [2.05, 4.69) is 31.2 Å². The minimum atomic E-state index is -0.336. The van der Waals surface area contributed by atoms with Crippen molar-refractivity contribution in [3.8, 4) is 17.1 Å². The molecule has 0 amide bonds. The second-order valence-electron chi connectivity index (χ2n) is 5.87. The Morgan fingerprint density at radius 2 is 1.92 bits per heavy atom. The van der Waals surface area contributed by atoms with Crippen molar-refractivity contribution < 1.29 is 4.42 Å². The van der Waals surface area contributed by atoms with E-state index in [1.807, 2.05) is 54.6 Å². The second-order valence-corrected chi connectivity index (χ2v) is 6.78. The summed E-state index contributed by atoms with van der Waals surface area (Å²) >= 11 is 3.46. The minimum absolute atomic E-state index is 0.320. The third kappa shape index (κ3) is 2.36. The van der Waals surface area contributed by atoms with Crippen molar-refractivity contribution >= 4 is 37.8 Å². The van der Waals surface area contributed by atoms with Gasteiger partial charge in [0.05, 0.1) is 11.1 Å².